The summed E-state index contributed by atoms with van der Waals surface area (Å²) in [4.78, 5) is 24.7. The Morgan fingerprint density at radius 1 is 1.47 bits per heavy atom. The molecule has 0 saturated heterocycles. The van der Waals surface area contributed by atoms with Crippen molar-refractivity contribution in [1.29, 1.82) is 0 Å². The highest BCUT2D eigenvalue weighted by atomic mass is 16.4. The van der Waals surface area contributed by atoms with E-state index in [0.717, 1.165) is 0 Å². The fraction of sp³-hybridized carbons (Fsp3) is 0.500. The van der Waals surface area contributed by atoms with Gasteiger partial charge in [0, 0.05) is 19.2 Å². The lowest BCUT2D eigenvalue weighted by Crippen LogP contribution is -2.45. The highest BCUT2D eigenvalue weighted by Crippen LogP contribution is 2.08. The van der Waals surface area contributed by atoms with E-state index in [1.165, 1.54) is 0 Å². The Hall–Kier alpha value is -1.78. The molecule has 0 bridgehead atoms. The maximum absolute atomic E-state index is 11.9. The summed E-state index contributed by atoms with van der Waals surface area (Å²) >= 11 is 0. The van der Waals surface area contributed by atoms with Crippen molar-refractivity contribution < 1.29 is 14.7 Å². The zero-order chi connectivity index (χ0) is 13.0. The molecule has 1 aliphatic rings. The zero-order valence-corrected chi connectivity index (χ0v) is 10.3. The van der Waals surface area contributed by atoms with Gasteiger partial charge in [-0.2, -0.15) is 0 Å². The van der Waals surface area contributed by atoms with Crippen molar-refractivity contribution in [3.8, 4) is 0 Å². The van der Waals surface area contributed by atoms with Gasteiger partial charge < -0.3 is 15.3 Å². The molecular weight excluding hydrogens is 220 g/mol. The molecule has 5 heteroatoms. The molecule has 2 N–H and O–H groups in total. The third kappa shape index (κ3) is 3.62. The van der Waals surface area contributed by atoms with Crippen LogP contribution in [0.2, 0.25) is 0 Å². The Balaban J connectivity index is 2.68. The Morgan fingerprint density at radius 3 is 2.59 bits per heavy atom. The van der Waals surface area contributed by atoms with Crippen LogP contribution in [0.25, 0.3) is 0 Å². The van der Waals surface area contributed by atoms with Crippen LogP contribution >= 0.6 is 0 Å². The molecule has 1 heterocycles. The largest absolute Gasteiger partial charge is 0.480 e. The first kappa shape index (κ1) is 13.3. The maximum Gasteiger partial charge on any atom is 0.326 e. The van der Waals surface area contributed by atoms with E-state index in [2.05, 4.69) is 5.32 Å². The van der Waals surface area contributed by atoms with E-state index in [1.54, 1.807) is 26.0 Å². The predicted octanol–water partition coefficient (Wildman–Crippen LogP) is 0.597. The summed E-state index contributed by atoms with van der Waals surface area (Å²) in [7, 11) is 1.86. The molecule has 5 nitrogen and oxygen atoms in total. The summed E-state index contributed by atoms with van der Waals surface area (Å²) in [6, 6.07) is -0.848. The van der Waals surface area contributed by atoms with Gasteiger partial charge in [0.2, 0.25) is 5.91 Å². The molecule has 0 aromatic heterocycles. The predicted molar refractivity (Wildman–Crippen MR) is 64.3 cm³/mol. The number of carboxylic acids is 1. The molecule has 0 aromatic carbocycles. The first-order chi connectivity index (χ1) is 7.91. The fourth-order valence-corrected chi connectivity index (χ4v) is 1.58. The molecule has 17 heavy (non-hydrogen) atoms. The van der Waals surface area contributed by atoms with Crippen molar-refractivity contribution in [3.05, 3.63) is 23.9 Å². The number of nitrogens with one attached hydrogen (secondary N) is 1. The van der Waals surface area contributed by atoms with Crippen LogP contribution < -0.4 is 5.32 Å². The number of carbonyl (C=O) groups excluding carboxylic acids is 1. The molecular formula is C12H18N2O3. The van der Waals surface area contributed by atoms with Crippen LogP contribution in [-0.4, -0.2) is 41.5 Å². The number of hydrogen-bond donors (Lipinski definition) is 2. The van der Waals surface area contributed by atoms with Gasteiger partial charge in [0.1, 0.15) is 6.04 Å². The van der Waals surface area contributed by atoms with E-state index in [1.807, 2.05) is 18.1 Å². The number of hydrogen-bond acceptors (Lipinski definition) is 3. The van der Waals surface area contributed by atoms with Crippen molar-refractivity contribution in [2.75, 3.05) is 13.6 Å². The second-order valence-electron chi connectivity index (χ2n) is 4.48. The summed E-state index contributed by atoms with van der Waals surface area (Å²) in [5.41, 5.74) is 0.571. The number of carbonyl (C=O) groups is 2. The smallest absolute Gasteiger partial charge is 0.326 e. The third-order valence-electron chi connectivity index (χ3n) is 2.57. The van der Waals surface area contributed by atoms with Crippen LogP contribution in [0.3, 0.4) is 0 Å². The lowest BCUT2D eigenvalue weighted by molar-refractivity contribution is -0.142. The minimum absolute atomic E-state index is 0.145. The quantitative estimate of drug-likeness (QED) is 0.752. The molecule has 0 aromatic rings. The number of allylic oxidation sites excluding steroid dienone is 2. The lowest BCUT2D eigenvalue weighted by atomic mass is 10.0. The Bertz CT molecular complexity index is 372. The normalized spacial score (nSPS) is 16.7. The van der Waals surface area contributed by atoms with Gasteiger partial charge >= 0.3 is 5.97 Å². The van der Waals surface area contributed by atoms with E-state index < -0.39 is 12.0 Å². The number of aliphatic carboxylic acids is 1. The molecule has 0 fully saturated rings. The van der Waals surface area contributed by atoms with E-state index in [0.29, 0.717) is 12.1 Å². The van der Waals surface area contributed by atoms with Gasteiger partial charge in [0.25, 0.3) is 0 Å². The van der Waals surface area contributed by atoms with Gasteiger partial charge in [0.05, 0.1) is 0 Å². The molecule has 0 spiro atoms. The van der Waals surface area contributed by atoms with E-state index in [4.69, 9.17) is 5.11 Å². The molecule has 94 valence electrons. The van der Waals surface area contributed by atoms with Crippen molar-refractivity contribution in [2.24, 2.45) is 5.92 Å². The van der Waals surface area contributed by atoms with Gasteiger partial charge in [-0.05, 0) is 18.2 Å². The maximum atomic E-state index is 11.9. The molecule has 1 aliphatic heterocycles. The lowest BCUT2D eigenvalue weighted by Gasteiger charge is -2.22. The zero-order valence-electron chi connectivity index (χ0n) is 10.3. The van der Waals surface area contributed by atoms with Gasteiger partial charge in [-0.15, -0.1) is 0 Å². The average molecular weight is 238 g/mol. The van der Waals surface area contributed by atoms with E-state index in [9.17, 15) is 9.59 Å². The Kier molecular flexibility index (Phi) is 4.31. The second kappa shape index (κ2) is 5.52. The van der Waals surface area contributed by atoms with Crippen molar-refractivity contribution in [1.82, 2.24) is 10.2 Å². The standard InChI is InChI=1S/C12H18N2O3/c1-8(2)10(12(16)17)13-11(15)9-5-4-6-14(3)7-9/h4-6,8,10H,7H2,1-3H3,(H,13,15)(H,16,17)/t10-/m0/s1. The summed E-state index contributed by atoms with van der Waals surface area (Å²) in [5.74, 6) is -1.47. The summed E-state index contributed by atoms with van der Waals surface area (Å²) in [6.07, 6.45) is 5.33. The molecule has 0 aliphatic carbocycles. The highest BCUT2D eigenvalue weighted by molar-refractivity contribution is 5.96. The van der Waals surface area contributed by atoms with Crippen LogP contribution in [0.15, 0.2) is 23.9 Å². The first-order valence-electron chi connectivity index (χ1n) is 5.53. The van der Waals surface area contributed by atoms with Crippen molar-refractivity contribution in [3.63, 3.8) is 0 Å². The minimum atomic E-state index is -1.01. The molecule has 0 saturated carbocycles. The van der Waals surface area contributed by atoms with E-state index in [-0.39, 0.29) is 11.8 Å². The van der Waals surface area contributed by atoms with Gasteiger partial charge in [-0.1, -0.05) is 19.9 Å². The van der Waals surface area contributed by atoms with Crippen LogP contribution in [0, 0.1) is 5.92 Å². The van der Waals surface area contributed by atoms with Crippen LogP contribution in [0.4, 0.5) is 0 Å². The summed E-state index contributed by atoms with van der Waals surface area (Å²) < 4.78 is 0. The van der Waals surface area contributed by atoms with Crippen molar-refractivity contribution >= 4 is 11.9 Å². The van der Waals surface area contributed by atoms with E-state index >= 15 is 0 Å². The van der Waals surface area contributed by atoms with Gasteiger partial charge in [0.15, 0.2) is 0 Å². The number of carboxylic acid groups (broad SMARTS) is 1. The SMILES string of the molecule is CC(C)[C@H](NC(=O)C1=CC=CN(C)C1)C(=O)O. The topological polar surface area (TPSA) is 69.6 Å². The molecule has 1 amide bonds. The van der Waals surface area contributed by atoms with Crippen molar-refractivity contribution in [2.45, 2.75) is 19.9 Å². The monoisotopic (exact) mass is 238 g/mol. The Labute approximate surface area is 101 Å². The average Bonchev–Trinajstić information content (AvgIpc) is 2.24. The second-order valence-corrected chi connectivity index (χ2v) is 4.48. The van der Waals surface area contributed by atoms with Crippen LogP contribution in [0.5, 0.6) is 0 Å². The summed E-state index contributed by atoms with van der Waals surface area (Å²) in [6.45, 7) is 4.02. The number of likely N-dealkylation sites (N-methyl/N-ethyl adjacent to an activating group) is 1. The van der Waals surface area contributed by atoms with Gasteiger partial charge in [-0.3, -0.25) is 4.79 Å². The Morgan fingerprint density at radius 2 is 2.12 bits per heavy atom. The molecule has 1 atom stereocenters. The van der Waals surface area contributed by atoms with Crippen LogP contribution in [-0.2, 0) is 9.59 Å². The number of rotatable bonds is 4. The molecule has 0 radical (unpaired) electrons. The summed E-state index contributed by atoms with van der Waals surface area (Å²) in [5, 5.41) is 11.5. The van der Waals surface area contributed by atoms with Crippen LogP contribution in [0.1, 0.15) is 13.8 Å². The number of nitrogens with zero attached hydrogens (tertiary/aromatic N) is 1. The van der Waals surface area contributed by atoms with Gasteiger partial charge in [-0.25, -0.2) is 4.79 Å². The molecule has 1 rings (SSSR count). The number of amides is 1. The highest BCUT2D eigenvalue weighted by Gasteiger charge is 2.25. The fourth-order valence-electron chi connectivity index (χ4n) is 1.58. The minimum Gasteiger partial charge on any atom is -0.480 e. The third-order valence-corrected chi connectivity index (χ3v) is 2.57. The molecule has 0 unspecified atom stereocenters. The first-order valence-corrected chi connectivity index (χ1v) is 5.53.